The summed E-state index contributed by atoms with van der Waals surface area (Å²) in [6.07, 6.45) is 0. The first-order valence-electron chi connectivity index (χ1n) is 2.70. The summed E-state index contributed by atoms with van der Waals surface area (Å²) in [5.41, 5.74) is 0. The molecule has 0 saturated carbocycles. The molecule has 0 aliphatic carbocycles. The highest BCUT2D eigenvalue weighted by Crippen LogP contribution is 2.27. The zero-order valence-corrected chi connectivity index (χ0v) is 6.03. The fourth-order valence-electron chi connectivity index (χ4n) is 0.576. The average molecular weight is 158 g/mol. The largest absolute Gasteiger partial charge is 0.427 e. The van der Waals surface area contributed by atoms with Crippen molar-refractivity contribution in [1.82, 2.24) is 0 Å². The highest BCUT2D eigenvalue weighted by molar-refractivity contribution is 7.39. The predicted octanol–water partition coefficient (Wildman–Crippen LogP) is 1.28. The molecule has 3 nitrogen and oxygen atoms in total. The maximum absolute atomic E-state index is 8.40. The van der Waals surface area contributed by atoms with Crippen LogP contribution in [-0.4, -0.2) is 9.79 Å². The Balaban J connectivity index is 2.59. The summed E-state index contributed by atoms with van der Waals surface area (Å²) in [5.74, 6) is 0.471. The smallest absolute Gasteiger partial charge is 0.391 e. The first kappa shape index (κ1) is 7.48. The van der Waals surface area contributed by atoms with Crippen LogP contribution in [0.2, 0.25) is 0 Å². The minimum atomic E-state index is -2.28. The van der Waals surface area contributed by atoms with Gasteiger partial charge in [-0.3, -0.25) is 0 Å². The molecule has 0 heterocycles. The number of benzene rings is 1. The molecule has 0 atom stereocenters. The zero-order valence-electron chi connectivity index (χ0n) is 5.14. The van der Waals surface area contributed by atoms with Crippen LogP contribution in [0, 0.1) is 0 Å². The Kier molecular flexibility index (Phi) is 2.63. The first-order chi connectivity index (χ1) is 4.79. The Labute approximate surface area is 59.9 Å². The van der Waals surface area contributed by atoms with Crippen molar-refractivity contribution in [3.63, 3.8) is 0 Å². The van der Waals surface area contributed by atoms with Crippen molar-refractivity contribution in [2.24, 2.45) is 0 Å². The van der Waals surface area contributed by atoms with Gasteiger partial charge in [0.05, 0.1) is 0 Å². The average Bonchev–Trinajstić information content (AvgIpc) is 1.88. The Bertz CT molecular complexity index is 187. The summed E-state index contributed by atoms with van der Waals surface area (Å²) >= 11 is 0. The molecule has 0 saturated heterocycles. The molecule has 0 bridgehead atoms. The molecule has 2 N–H and O–H groups in total. The molecular formula is C6H7O3P. The summed E-state index contributed by atoms with van der Waals surface area (Å²) in [6.45, 7) is 0. The van der Waals surface area contributed by atoms with Crippen LogP contribution in [0.4, 0.5) is 0 Å². The van der Waals surface area contributed by atoms with Gasteiger partial charge in [0.25, 0.3) is 0 Å². The lowest BCUT2D eigenvalue weighted by molar-refractivity contribution is 0.375. The lowest BCUT2D eigenvalue weighted by Gasteiger charge is -2.02. The van der Waals surface area contributed by atoms with E-state index in [1.165, 1.54) is 0 Å². The van der Waals surface area contributed by atoms with E-state index in [0.29, 0.717) is 5.75 Å². The molecule has 0 amide bonds. The summed E-state index contributed by atoms with van der Waals surface area (Å²) in [5, 5.41) is 0. The van der Waals surface area contributed by atoms with Gasteiger partial charge in [0, 0.05) is 0 Å². The minimum absolute atomic E-state index is 0.471. The van der Waals surface area contributed by atoms with E-state index in [1.54, 1.807) is 24.3 Å². The van der Waals surface area contributed by atoms with E-state index in [1.807, 2.05) is 6.07 Å². The lowest BCUT2D eigenvalue weighted by atomic mass is 10.3. The molecule has 0 aromatic heterocycles. The Hall–Kier alpha value is -0.630. The molecule has 1 aromatic rings. The van der Waals surface area contributed by atoms with Crippen LogP contribution in [0.5, 0.6) is 5.75 Å². The monoisotopic (exact) mass is 158 g/mol. The third-order valence-corrected chi connectivity index (χ3v) is 1.30. The topological polar surface area (TPSA) is 49.7 Å². The van der Waals surface area contributed by atoms with Crippen LogP contribution >= 0.6 is 8.60 Å². The van der Waals surface area contributed by atoms with Gasteiger partial charge >= 0.3 is 8.60 Å². The second-order valence-corrected chi connectivity index (χ2v) is 2.35. The van der Waals surface area contributed by atoms with E-state index in [-0.39, 0.29) is 0 Å². The maximum Gasteiger partial charge on any atom is 0.391 e. The van der Waals surface area contributed by atoms with Gasteiger partial charge in [0.2, 0.25) is 0 Å². The Morgan fingerprint density at radius 3 is 2.20 bits per heavy atom. The summed E-state index contributed by atoms with van der Waals surface area (Å²) < 4.78 is 4.59. The zero-order chi connectivity index (χ0) is 7.40. The molecule has 0 aliphatic rings. The van der Waals surface area contributed by atoms with E-state index in [2.05, 4.69) is 4.52 Å². The van der Waals surface area contributed by atoms with Crippen LogP contribution in [0.15, 0.2) is 30.3 Å². The summed E-state index contributed by atoms with van der Waals surface area (Å²) in [4.78, 5) is 16.8. The molecule has 0 unspecified atom stereocenters. The molecular weight excluding hydrogens is 151 g/mol. The summed E-state index contributed by atoms with van der Waals surface area (Å²) in [6, 6.07) is 8.65. The second kappa shape index (κ2) is 3.52. The highest BCUT2D eigenvalue weighted by atomic mass is 31.2. The molecule has 1 rings (SSSR count). The number of hydrogen-bond acceptors (Lipinski definition) is 3. The van der Waals surface area contributed by atoms with Gasteiger partial charge in [0.15, 0.2) is 0 Å². The molecule has 10 heavy (non-hydrogen) atoms. The fraction of sp³-hybridized carbons (Fsp3) is 0. The molecule has 4 heteroatoms. The molecule has 1 aromatic carbocycles. The molecule has 0 radical (unpaired) electrons. The van der Waals surface area contributed by atoms with Gasteiger partial charge in [0.1, 0.15) is 5.75 Å². The minimum Gasteiger partial charge on any atom is -0.427 e. The molecule has 0 aliphatic heterocycles. The van der Waals surface area contributed by atoms with Crippen molar-refractivity contribution in [3.05, 3.63) is 30.3 Å². The van der Waals surface area contributed by atoms with Crippen molar-refractivity contribution in [2.45, 2.75) is 0 Å². The van der Waals surface area contributed by atoms with Gasteiger partial charge in [-0.25, -0.2) is 0 Å². The van der Waals surface area contributed by atoms with Gasteiger partial charge in [-0.05, 0) is 12.1 Å². The molecule has 54 valence electrons. The third-order valence-electron chi connectivity index (χ3n) is 0.930. The summed E-state index contributed by atoms with van der Waals surface area (Å²) in [7, 11) is -2.28. The van der Waals surface area contributed by atoms with E-state index in [0.717, 1.165) is 0 Å². The highest BCUT2D eigenvalue weighted by Gasteiger charge is 1.99. The Morgan fingerprint density at radius 2 is 1.70 bits per heavy atom. The van der Waals surface area contributed by atoms with Crippen molar-refractivity contribution in [3.8, 4) is 5.75 Å². The third kappa shape index (κ3) is 2.31. The normalized spacial score (nSPS) is 9.90. The Morgan fingerprint density at radius 1 is 1.10 bits per heavy atom. The van der Waals surface area contributed by atoms with Gasteiger partial charge in [-0.15, -0.1) is 0 Å². The van der Waals surface area contributed by atoms with Gasteiger partial charge < -0.3 is 14.3 Å². The van der Waals surface area contributed by atoms with E-state index >= 15 is 0 Å². The maximum atomic E-state index is 8.40. The van der Waals surface area contributed by atoms with Crippen LogP contribution in [0.3, 0.4) is 0 Å². The van der Waals surface area contributed by atoms with E-state index in [9.17, 15) is 0 Å². The van der Waals surface area contributed by atoms with Crippen molar-refractivity contribution >= 4 is 8.60 Å². The van der Waals surface area contributed by atoms with Crippen LogP contribution in [-0.2, 0) is 0 Å². The molecule has 0 spiro atoms. The number of rotatable bonds is 2. The van der Waals surface area contributed by atoms with E-state index < -0.39 is 8.60 Å². The number of hydrogen-bond donors (Lipinski definition) is 2. The second-order valence-electron chi connectivity index (χ2n) is 1.66. The van der Waals surface area contributed by atoms with E-state index in [4.69, 9.17) is 9.79 Å². The van der Waals surface area contributed by atoms with Crippen molar-refractivity contribution in [1.29, 1.82) is 0 Å². The van der Waals surface area contributed by atoms with Crippen LogP contribution in [0.1, 0.15) is 0 Å². The van der Waals surface area contributed by atoms with Crippen molar-refractivity contribution < 1.29 is 14.3 Å². The quantitative estimate of drug-likeness (QED) is 0.637. The van der Waals surface area contributed by atoms with Crippen LogP contribution < -0.4 is 4.52 Å². The fourth-order valence-corrected chi connectivity index (χ4v) is 0.886. The van der Waals surface area contributed by atoms with Gasteiger partial charge in [-0.1, -0.05) is 18.2 Å². The first-order valence-corrected chi connectivity index (χ1v) is 3.86. The standard InChI is InChI=1S/C6H7O3P/c7-10(8)9-6-4-2-1-3-5-6/h1-5,7-8H. The SMILES string of the molecule is OP(O)Oc1ccccc1. The number of para-hydroxylation sites is 1. The van der Waals surface area contributed by atoms with Gasteiger partial charge in [-0.2, -0.15) is 0 Å². The van der Waals surface area contributed by atoms with Crippen LogP contribution in [0.25, 0.3) is 0 Å². The van der Waals surface area contributed by atoms with Crippen molar-refractivity contribution in [2.75, 3.05) is 0 Å². The lowest BCUT2D eigenvalue weighted by Crippen LogP contribution is -1.82. The predicted molar refractivity (Wildman–Crippen MR) is 38.4 cm³/mol. The molecule has 0 fully saturated rings.